The second-order valence-electron chi connectivity index (χ2n) is 13.2. The van der Waals surface area contributed by atoms with E-state index in [1.165, 1.54) is 12.1 Å². The minimum Gasteiger partial charge on any atom is -0.455 e. The van der Waals surface area contributed by atoms with Crippen molar-refractivity contribution in [2.75, 3.05) is 0 Å². The Morgan fingerprint density at radius 2 is 1.09 bits per heavy atom. The molecular formula is C51H32N4O. The Hall–Kier alpha value is -7.63. The van der Waals surface area contributed by atoms with E-state index in [9.17, 15) is 5.48 Å². The fraction of sp³-hybridized carbons (Fsp3) is 0. The molecule has 3 aromatic heterocycles. The second kappa shape index (κ2) is 13.0. The lowest BCUT2D eigenvalue weighted by molar-refractivity contribution is 0.670. The molecule has 262 valence electrons. The Morgan fingerprint density at radius 1 is 0.411 bits per heavy atom. The smallest absolute Gasteiger partial charge is 0.164 e. The maximum atomic E-state index is 9.48. The summed E-state index contributed by atoms with van der Waals surface area (Å²) in [5, 5.41) is 1.90. The average Bonchev–Trinajstić information content (AvgIpc) is 3.91. The van der Waals surface area contributed by atoms with Gasteiger partial charge in [0.2, 0.25) is 0 Å². The molecule has 0 atom stereocenters. The van der Waals surface area contributed by atoms with Gasteiger partial charge in [-0.2, -0.15) is 0 Å². The van der Waals surface area contributed by atoms with Crippen molar-refractivity contribution in [3.05, 3.63) is 194 Å². The van der Waals surface area contributed by atoms with Crippen molar-refractivity contribution in [2.24, 2.45) is 0 Å². The molecule has 0 aliphatic carbocycles. The van der Waals surface area contributed by atoms with Crippen LogP contribution < -0.4 is 0 Å². The Bertz CT molecular complexity index is 3750. The molecule has 0 saturated heterocycles. The Morgan fingerprint density at radius 3 is 1.86 bits per heavy atom. The van der Waals surface area contributed by atoms with E-state index in [1.807, 2.05) is 121 Å². The van der Waals surface area contributed by atoms with E-state index in [1.54, 1.807) is 4.57 Å². The zero-order valence-corrected chi connectivity index (χ0v) is 29.4. The number of para-hydroxylation sites is 3. The number of nitrogens with zero attached hydrogens (tertiary/aromatic N) is 4. The molecule has 0 amide bonds. The number of hydrogen-bond acceptors (Lipinski definition) is 4. The molecule has 8 aromatic carbocycles. The van der Waals surface area contributed by atoms with Crippen LogP contribution in [-0.2, 0) is 0 Å². The fourth-order valence-electron chi connectivity index (χ4n) is 7.38. The van der Waals surface area contributed by atoms with Crippen LogP contribution in [0, 0.1) is 0 Å². The monoisotopic (exact) mass is 726 g/mol. The van der Waals surface area contributed by atoms with E-state index in [0.717, 1.165) is 21.9 Å². The summed E-state index contributed by atoms with van der Waals surface area (Å²) in [4.78, 5) is 14.9. The number of rotatable bonds is 6. The van der Waals surface area contributed by atoms with Crippen molar-refractivity contribution in [3.8, 4) is 62.1 Å². The molecule has 0 bridgehead atoms. The van der Waals surface area contributed by atoms with Crippen LogP contribution in [0.2, 0.25) is 0 Å². The van der Waals surface area contributed by atoms with Crippen molar-refractivity contribution < 1.29 is 18.1 Å². The molecule has 5 heteroatoms. The molecule has 11 aromatic rings. The topological polar surface area (TPSA) is 56.7 Å². The number of fused-ring (bicyclic) bond motifs is 6. The third-order valence-corrected chi connectivity index (χ3v) is 9.95. The number of hydrogen-bond donors (Lipinski definition) is 0. The second-order valence-corrected chi connectivity index (χ2v) is 13.2. The van der Waals surface area contributed by atoms with Crippen LogP contribution >= 0.6 is 0 Å². The van der Waals surface area contributed by atoms with E-state index in [-0.39, 0.29) is 51.1 Å². The molecule has 5 nitrogen and oxygen atoms in total. The highest BCUT2D eigenvalue weighted by atomic mass is 16.3. The summed E-state index contributed by atoms with van der Waals surface area (Å²) in [6.45, 7) is 0. The maximum Gasteiger partial charge on any atom is 0.164 e. The van der Waals surface area contributed by atoms with Gasteiger partial charge in [0, 0.05) is 49.4 Å². The summed E-state index contributed by atoms with van der Waals surface area (Å²) in [5.74, 6) is 1.27. The number of aromatic nitrogens is 4. The van der Waals surface area contributed by atoms with Gasteiger partial charge in [-0.05, 0) is 47.5 Å². The third kappa shape index (κ3) is 5.29. The van der Waals surface area contributed by atoms with Crippen LogP contribution in [0.25, 0.3) is 106 Å². The van der Waals surface area contributed by atoms with Gasteiger partial charge in [0.1, 0.15) is 11.2 Å². The largest absolute Gasteiger partial charge is 0.455 e. The van der Waals surface area contributed by atoms with E-state index < -0.39 is 42.3 Å². The van der Waals surface area contributed by atoms with Crippen molar-refractivity contribution in [2.45, 2.75) is 0 Å². The van der Waals surface area contributed by atoms with Gasteiger partial charge >= 0.3 is 0 Å². The fourth-order valence-corrected chi connectivity index (χ4v) is 7.38. The molecule has 56 heavy (non-hydrogen) atoms. The molecule has 0 unspecified atom stereocenters. The summed E-state index contributed by atoms with van der Waals surface area (Å²) in [7, 11) is 0. The first kappa shape index (κ1) is 23.2. The van der Waals surface area contributed by atoms with E-state index in [4.69, 9.17) is 27.6 Å². The molecular weight excluding hydrogens is 685 g/mol. The van der Waals surface area contributed by atoms with Gasteiger partial charge in [-0.15, -0.1) is 0 Å². The van der Waals surface area contributed by atoms with Crippen LogP contribution in [0.3, 0.4) is 0 Å². The molecule has 0 N–H and O–H groups in total. The number of furan rings is 1. The summed E-state index contributed by atoms with van der Waals surface area (Å²) in [5.41, 5.74) is 5.02. The zero-order chi connectivity index (χ0) is 45.7. The number of benzene rings is 8. The molecule has 0 aliphatic heterocycles. The van der Waals surface area contributed by atoms with Gasteiger partial charge < -0.3 is 8.98 Å². The molecule has 11 rings (SSSR count). The average molecular weight is 727 g/mol. The summed E-state index contributed by atoms with van der Waals surface area (Å²) >= 11 is 0. The van der Waals surface area contributed by atoms with Crippen molar-refractivity contribution in [1.29, 1.82) is 0 Å². The highest BCUT2D eigenvalue weighted by Crippen LogP contribution is 2.43. The van der Waals surface area contributed by atoms with Gasteiger partial charge in [-0.1, -0.05) is 158 Å². The highest BCUT2D eigenvalue weighted by molar-refractivity contribution is 6.13. The third-order valence-electron chi connectivity index (χ3n) is 9.95. The molecule has 0 radical (unpaired) electrons. The minimum absolute atomic E-state index is 0.0862. The predicted octanol–water partition coefficient (Wildman–Crippen LogP) is 13.2. The van der Waals surface area contributed by atoms with E-state index >= 15 is 0 Å². The molecule has 3 heterocycles. The predicted molar refractivity (Wildman–Crippen MR) is 229 cm³/mol. The van der Waals surface area contributed by atoms with Crippen molar-refractivity contribution >= 4 is 43.7 Å². The first-order valence-corrected chi connectivity index (χ1v) is 18.0. The zero-order valence-electron chi connectivity index (χ0n) is 39.4. The molecule has 0 spiro atoms. The van der Waals surface area contributed by atoms with E-state index in [2.05, 4.69) is 0 Å². The Kier molecular flexibility index (Phi) is 5.41. The van der Waals surface area contributed by atoms with Crippen LogP contribution in [0.5, 0.6) is 0 Å². The summed E-state index contributed by atoms with van der Waals surface area (Å²) in [6, 6.07) is 36.6. The standard InChI is InChI=1S/C51H32N4O/c1-4-15-33(16-5-1)36-27-29-39-38-21-10-12-25-44(38)55(46(39)32-36)45-30-28-37(31-43(45)42-24-14-23-41-40-22-11-13-26-47(40)56-48(41)42)51-53-49(34-17-6-2-7-18-34)52-50(54-51)35-19-8-3-9-20-35/h1-32H/i1D,4D,5D,10D,15D,16D,21D,25D,27D,29D. The Balaban J connectivity index is 1.28. The lowest BCUT2D eigenvalue weighted by atomic mass is 9.97. The van der Waals surface area contributed by atoms with Gasteiger partial charge in [-0.3, -0.25) is 0 Å². The quantitative estimate of drug-likeness (QED) is 0.171. The van der Waals surface area contributed by atoms with Crippen LogP contribution in [-0.4, -0.2) is 19.5 Å². The van der Waals surface area contributed by atoms with E-state index in [0.29, 0.717) is 51.0 Å². The van der Waals surface area contributed by atoms with Crippen LogP contribution in [0.1, 0.15) is 13.7 Å². The van der Waals surface area contributed by atoms with Crippen LogP contribution in [0.15, 0.2) is 198 Å². The van der Waals surface area contributed by atoms with Gasteiger partial charge in [-0.25, -0.2) is 15.0 Å². The minimum atomic E-state index is -0.600. The SMILES string of the molecule is [2H]c1cc([2H])c2c(c1[2H])c1c([2H])c([2H])c(-c3c([2H])c([2H])c([2H])c([2H])c3[2H])cc1n2-c1ccc(-c2nc(-c3ccccc3)nc(-c3ccccc3)n2)cc1-c1cccc2c1oc1ccccc12. The normalized spacial score (nSPS) is 14.1. The van der Waals surface area contributed by atoms with Gasteiger partial charge in [0.25, 0.3) is 0 Å². The van der Waals surface area contributed by atoms with Crippen molar-refractivity contribution in [1.82, 2.24) is 19.5 Å². The summed E-state index contributed by atoms with van der Waals surface area (Å²) < 4.78 is 97.1. The molecule has 0 fully saturated rings. The first-order chi connectivity index (χ1) is 31.9. The molecule has 0 aliphatic rings. The van der Waals surface area contributed by atoms with Crippen molar-refractivity contribution in [3.63, 3.8) is 0 Å². The van der Waals surface area contributed by atoms with Gasteiger partial charge in [0.05, 0.1) is 30.4 Å². The van der Waals surface area contributed by atoms with Crippen LogP contribution in [0.4, 0.5) is 0 Å². The lowest BCUT2D eigenvalue weighted by Gasteiger charge is -2.17. The lowest BCUT2D eigenvalue weighted by Crippen LogP contribution is -2.02. The highest BCUT2D eigenvalue weighted by Gasteiger charge is 2.21. The van der Waals surface area contributed by atoms with Gasteiger partial charge in [0.15, 0.2) is 17.5 Å². The maximum absolute atomic E-state index is 9.48. The molecule has 0 saturated carbocycles. The Labute approximate surface area is 336 Å². The summed E-state index contributed by atoms with van der Waals surface area (Å²) in [6.07, 6.45) is 0. The first-order valence-electron chi connectivity index (χ1n) is 23.0.